The molecule has 0 unspecified atom stereocenters. The summed E-state index contributed by atoms with van der Waals surface area (Å²) in [6.07, 6.45) is 1.51. The van der Waals surface area contributed by atoms with Gasteiger partial charge in [0.15, 0.2) is 10.3 Å². The normalized spacial score (nSPS) is 15.5. The molecule has 0 spiro atoms. The molecule has 310 valence electrons. The Kier molecular flexibility index (Phi) is 13.9. The lowest BCUT2D eigenvalue weighted by Gasteiger charge is -2.33. The summed E-state index contributed by atoms with van der Waals surface area (Å²) in [4.78, 5) is 14.4. The molecule has 2 fully saturated rings. The zero-order valence-electron chi connectivity index (χ0n) is 32.6. The summed E-state index contributed by atoms with van der Waals surface area (Å²) in [5, 5.41) is 7.07. The molecule has 0 bridgehead atoms. The molecule has 0 amide bonds. The number of hydrogen-bond acceptors (Lipinski definition) is 11. The molecule has 0 aliphatic carbocycles. The van der Waals surface area contributed by atoms with Gasteiger partial charge in [-0.2, -0.15) is 8.61 Å². The first-order valence-electron chi connectivity index (χ1n) is 19.0. The topological polar surface area (TPSA) is 116 Å². The van der Waals surface area contributed by atoms with E-state index in [-0.39, 0.29) is 9.79 Å². The van der Waals surface area contributed by atoms with Gasteiger partial charge >= 0.3 is 0 Å². The minimum atomic E-state index is -3.51. The molecule has 2 saturated heterocycles. The van der Waals surface area contributed by atoms with Gasteiger partial charge in [-0.3, -0.25) is 0 Å². The monoisotopic (exact) mass is 910 g/mol. The van der Waals surface area contributed by atoms with Crippen molar-refractivity contribution in [3.05, 3.63) is 146 Å². The minimum Gasteiger partial charge on any atom is -0.496 e. The van der Waals surface area contributed by atoms with E-state index in [0.29, 0.717) is 68.8 Å². The fourth-order valence-corrected chi connectivity index (χ4v) is 11.7. The van der Waals surface area contributed by atoms with Crippen LogP contribution in [0.15, 0.2) is 118 Å². The Labute approximate surface area is 364 Å². The predicted octanol–water partition coefficient (Wildman–Crippen LogP) is 8.11. The Bertz CT molecular complexity index is 2550. The quantitative estimate of drug-likeness (QED) is 0.127. The number of rotatable bonds is 11. The lowest BCUT2D eigenvalue weighted by atomic mass is 10.1. The number of nitrogens with zero attached hydrogens (tertiary/aromatic N) is 6. The molecule has 0 N–H and O–H groups in total. The van der Waals surface area contributed by atoms with Crippen LogP contribution in [0.3, 0.4) is 0 Å². The van der Waals surface area contributed by atoms with E-state index in [1.165, 1.54) is 19.7 Å². The third kappa shape index (κ3) is 10.5. The van der Waals surface area contributed by atoms with Crippen molar-refractivity contribution in [2.45, 2.75) is 29.6 Å². The van der Waals surface area contributed by atoms with E-state index in [9.17, 15) is 16.8 Å². The highest BCUT2D eigenvalue weighted by atomic mass is 35.5. The number of piperazine rings is 2. The van der Waals surface area contributed by atoms with Crippen LogP contribution in [0.1, 0.15) is 28.1 Å². The second kappa shape index (κ2) is 19.1. The first kappa shape index (κ1) is 43.0. The molecular formula is C42H44Cl2N6O5S4. The van der Waals surface area contributed by atoms with Gasteiger partial charge in [0.1, 0.15) is 5.75 Å². The van der Waals surface area contributed by atoms with Crippen molar-refractivity contribution in [2.75, 3.05) is 69.3 Å². The van der Waals surface area contributed by atoms with Crippen molar-refractivity contribution in [3.63, 3.8) is 0 Å². The number of sulfonamides is 2. The number of hydrogen-bond donors (Lipinski definition) is 0. The van der Waals surface area contributed by atoms with E-state index in [0.717, 1.165) is 39.4 Å². The Morgan fingerprint density at radius 2 is 0.983 bits per heavy atom. The van der Waals surface area contributed by atoms with E-state index in [2.05, 4.69) is 45.7 Å². The number of benzene rings is 4. The minimum absolute atomic E-state index is 0.272. The fraction of sp³-hybridized carbons (Fsp3) is 0.286. The van der Waals surface area contributed by atoms with Gasteiger partial charge in [0.05, 0.1) is 28.3 Å². The third-order valence-corrected chi connectivity index (χ3v) is 16.4. The van der Waals surface area contributed by atoms with Gasteiger partial charge in [0, 0.05) is 91.6 Å². The lowest BCUT2D eigenvalue weighted by Crippen LogP contribution is -2.48. The number of methoxy groups -OCH3 is 1. The Morgan fingerprint density at radius 1 is 0.576 bits per heavy atom. The van der Waals surface area contributed by atoms with Gasteiger partial charge in [-0.1, -0.05) is 65.7 Å². The summed E-state index contributed by atoms with van der Waals surface area (Å²) in [6.45, 7) is 6.31. The van der Waals surface area contributed by atoms with Crippen LogP contribution >= 0.6 is 45.9 Å². The van der Waals surface area contributed by atoms with Gasteiger partial charge in [-0.25, -0.2) is 26.8 Å². The number of aromatic nitrogens is 2. The molecule has 0 saturated carbocycles. The second-order valence-electron chi connectivity index (χ2n) is 14.0. The summed E-state index contributed by atoms with van der Waals surface area (Å²) in [6, 6.07) is 28.9. The van der Waals surface area contributed by atoms with Crippen molar-refractivity contribution in [1.82, 2.24) is 18.6 Å². The lowest BCUT2D eigenvalue weighted by molar-refractivity contribution is 0.384. The van der Waals surface area contributed by atoms with Crippen molar-refractivity contribution in [2.24, 2.45) is 0 Å². The molecule has 8 rings (SSSR count). The van der Waals surface area contributed by atoms with Crippen LogP contribution in [-0.2, 0) is 32.9 Å². The average Bonchev–Trinajstić information content (AvgIpc) is 3.93. The molecule has 2 aromatic heterocycles. The first-order valence-corrected chi connectivity index (χ1v) is 24.4. The molecule has 6 aromatic rings. The highest BCUT2D eigenvalue weighted by Crippen LogP contribution is 2.29. The van der Waals surface area contributed by atoms with Crippen LogP contribution in [0.5, 0.6) is 5.75 Å². The summed E-state index contributed by atoms with van der Waals surface area (Å²) in [5.74, 6) is 0.855. The summed E-state index contributed by atoms with van der Waals surface area (Å²) in [5.41, 5.74) is 5.67. The van der Waals surface area contributed by atoms with Gasteiger partial charge in [-0.15, -0.1) is 22.7 Å². The number of para-hydroxylation sites is 1. The van der Waals surface area contributed by atoms with Crippen LogP contribution in [0.2, 0.25) is 10.0 Å². The molecule has 4 aromatic carbocycles. The van der Waals surface area contributed by atoms with E-state index < -0.39 is 20.0 Å². The maximum Gasteiger partial charge on any atom is 0.243 e. The fourth-order valence-electron chi connectivity index (χ4n) is 6.84. The molecule has 59 heavy (non-hydrogen) atoms. The van der Waals surface area contributed by atoms with Crippen molar-refractivity contribution < 1.29 is 21.6 Å². The molecule has 0 radical (unpaired) electrons. The number of halogens is 2. The van der Waals surface area contributed by atoms with Crippen LogP contribution in [-0.4, -0.2) is 94.9 Å². The molecule has 2 aliphatic heterocycles. The van der Waals surface area contributed by atoms with Gasteiger partial charge in [0.25, 0.3) is 0 Å². The molecule has 0 atom stereocenters. The molecule has 2 aliphatic rings. The highest BCUT2D eigenvalue weighted by molar-refractivity contribution is 7.89. The van der Waals surface area contributed by atoms with Crippen molar-refractivity contribution in [1.29, 1.82) is 0 Å². The number of anilines is 2. The van der Waals surface area contributed by atoms with Gasteiger partial charge in [-0.05, 0) is 72.6 Å². The predicted molar refractivity (Wildman–Crippen MR) is 239 cm³/mol. The van der Waals surface area contributed by atoms with Gasteiger partial charge < -0.3 is 14.5 Å². The van der Waals surface area contributed by atoms with Crippen LogP contribution in [0, 0.1) is 6.92 Å². The number of aryl methyl sites for hydroxylation is 1. The Balaban J connectivity index is 0.000000179. The maximum absolute atomic E-state index is 12.8. The van der Waals surface area contributed by atoms with Gasteiger partial charge in [0.2, 0.25) is 20.0 Å². The largest absolute Gasteiger partial charge is 0.496 e. The Morgan fingerprint density at radius 3 is 1.42 bits per heavy atom. The molecular weight excluding hydrogens is 868 g/mol. The van der Waals surface area contributed by atoms with E-state index in [1.54, 1.807) is 78.3 Å². The SMILES string of the molecule is COc1ccccc1Cc1csc(N2CCN(S(=O)(=O)c3ccc(Cl)cc3)CC2)n1.Cc1ccccc1Cc1csc(N2CCN(S(=O)(=O)c3ccc(Cl)cc3)CC2)n1. The standard InChI is InChI=1S/C21H22ClN3O3S2.C21H22ClN3O2S2/c1-28-20-5-3-2-4-16(20)14-18-15-29-21(23-18)24-10-12-25(13-11-24)30(26,27)19-8-6-17(22)7-9-19;1-16-4-2-3-5-17(16)14-19-15-28-21(23-19)24-10-12-25(13-11-24)29(26,27)20-8-6-18(22)7-9-20/h2-9,15H,10-14H2,1H3;2-9,15H,10-14H2,1H3. The van der Waals surface area contributed by atoms with Crippen molar-refractivity contribution >= 4 is 76.2 Å². The third-order valence-electron chi connectivity index (χ3n) is 10.2. The summed E-state index contributed by atoms with van der Waals surface area (Å²) < 4.78 is 59.8. The maximum atomic E-state index is 12.8. The van der Waals surface area contributed by atoms with E-state index in [4.69, 9.17) is 37.9 Å². The summed E-state index contributed by atoms with van der Waals surface area (Å²) in [7, 11) is -5.33. The zero-order valence-corrected chi connectivity index (χ0v) is 37.4. The van der Waals surface area contributed by atoms with Crippen LogP contribution in [0.4, 0.5) is 10.3 Å². The molecule has 4 heterocycles. The zero-order chi connectivity index (χ0) is 41.6. The van der Waals surface area contributed by atoms with E-state index in [1.807, 2.05) is 30.3 Å². The number of ether oxygens (including phenoxy) is 1. The summed E-state index contributed by atoms with van der Waals surface area (Å²) >= 11 is 15.0. The average molecular weight is 912 g/mol. The number of thiazole rings is 2. The second-order valence-corrected chi connectivity index (χ2v) is 20.4. The first-order chi connectivity index (χ1) is 28.4. The smallest absolute Gasteiger partial charge is 0.243 e. The highest BCUT2D eigenvalue weighted by Gasteiger charge is 2.31. The van der Waals surface area contributed by atoms with Crippen LogP contribution in [0.25, 0.3) is 0 Å². The van der Waals surface area contributed by atoms with Crippen LogP contribution < -0.4 is 14.5 Å². The Hall–Kier alpha value is -4.06. The molecule has 11 nitrogen and oxygen atoms in total. The molecule has 17 heteroatoms. The van der Waals surface area contributed by atoms with Crippen molar-refractivity contribution in [3.8, 4) is 5.75 Å². The van der Waals surface area contributed by atoms with E-state index >= 15 is 0 Å².